The minimum absolute atomic E-state index is 0.0433. The summed E-state index contributed by atoms with van der Waals surface area (Å²) in [4.78, 5) is 28.0. The molecule has 3 amide bonds. The van der Waals surface area contributed by atoms with E-state index in [1.807, 2.05) is 36.1 Å². The summed E-state index contributed by atoms with van der Waals surface area (Å²) in [6.07, 6.45) is 1.90. The van der Waals surface area contributed by atoms with E-state index >= 15 is 0 Å². The number of rotatable bonds is 7. The molecule has 1 saturated carbocycles. The SMILES string of the molecule is CCOc1ccccc1CN(C(=O)NC[C@H]1CN(C(C)=O)CCO1)C1CC1. The second-order valence-electron chi connectivity index (χ2n) is 7.04. The van der Waals surface area contributed by atoms with E-state index in [1.165, 1.54) is 0 Å². The second-order valence-corrected chi connectivity index (χ2v) is 7.04. The highest BCUT2D eigenvalue weighted by Crippen LogP contribution is 2.30. The molecular weight excluding hydrogens is 346 g/mol. The number of amides is 3. The van der Waals surface area contributed by atoms with Crippen LogP contribution >= 0.6 is 0 Å². The fraction of sp³-hybridized carbons (Fsp3) is 0.600. The maximum absolute atomic E-state index is 12.8. The molecule has 2 fully saturated rings. The lowest BCUT2D eigenvalue weighted by atomic mass is 10.2. The first-order valence-corrected chi connectivity index (χ1v) is 9.70. The standard InChI is InChI=1S/C20H29N3O4/c1-3-26-19-7-5-4-6-16(19)13-23(17-8-9-17)20(25)21-12-18-14-22(15(2)24)10-11-27-18/h4-7,17-18H,3,8-14H2,1-2H3,(H,21,25)/t18-/m0/s1. The van der Waals surface area contributed by atoms with Gasteiger partial charge in [0.2, 0.25) is 5.91 Å². The van der Waals surface area contributed by atoms with Crippen LogP contribution in [-0.4, -0.2) is 66.7 Å². The van der Waals surface area contributed by atoms with E-state index in [0.717, 1.165) is 24.2 Å². The molecule has 0 radical (unpaired) electrons. The van der Waals surface area contributed by atoms with E-state index in [4.69, 9.17) is 9.47 Å². The van der Waals surface area contributed by atoms with Crippen molar-refractivity contribution in [1.82, 2.24) is 15.1 Å². The van der Waals surface area contributed by atoms with Gasteiger partial charge in [0, 0.05) is 38.2 Å². The zero-order valence-electron chi connectivity index (χ0n) is 16.1. The van der Waals surface area contributed by atoms with E-state index < -0.39 is 0 Å². The normalized spacial score (nSPS) is 19.5. The smallest absolute Gasteiger partial charge is 0.318 e. The number of nitrogens with one attached hydrogen (secondary N) is 1. The number of hydrogen-bond donors (Lipinski definition) is 1. The van der Waals surface area contributed by atoms with Crippen LogP contribution in [0.15, 0.2) is 24.3 Å². The highest BCUT2D eigenvalue weighted by molar-refractivity contribution is 5.75. The Morgan fingerprint density at radius 1 is 1.33 bits per heavy atom. The first-order valence-electron chi connectivity index (χ1n) is 9.70. The summed E-state index contributed by atoms with van der Waals surface area (Å²) in [6, 6.07) is 8.04. The molecule has 0 unspecified atom stereocenters. The topological polar surface area (TPSA) is 71.1 Å². The summed E-state index contributed by atoms with van der Waals surface area (Å²) in [7, 11) is 0. The zero-order valence-corrected chi connectivity index (χ0v) is 16.1. The molecule has 1 aromatic rings. The van der Waals surface area contributed by atoms with Gasteiger partial charge in [-0.15, -0.1) is 0 Å². The Kier molecular flexibility index (Phi) is 6.55. The van der Waals surface area contributed by atoms with Gasteiger partial charge in [-0.1, -0.05) is 18.2 Å². The highest BCUT2D eigenvalue weighted by atomic mass is 16.5. The summed E-state index contributed by atoms with van der Waals surface area (Å²) < 4.78 is 11.4. The molecule has 0 spiro atoms. The summed E-state index contributed by atoms with van der Waals surface area (Å²) in [5.74, 6) is 0.868. The van der Waals surface area contributed by atoms with Crippen molar-refractivity contribution in [2.45, 2.75) is 45.4 Å². The van der Waals surface area contributed by atoms with Crippen LogP contribution in [0.1, 0.15) is 32.3 Å². The molecule has 148 valence electrons. The van der Waals surface area contributed by atoms with Crippen molar-refractivity contribution in [2.75, 3.05) is 32.8 Å². The van der Waals surface area contributed by atoms with Gasteiger partial charge < -0.3 is 24.6 Å². The maximum atomic E-state index is 12.8. The van der Waals surface area contributed by atoms with Crippen molar-refractivity contribution in [2.24, 2.45) is 0 Å². The fourth-order valence-corrected chi connectivity index (χ4v) is 3.30. The predicted octanol–water partition coefficient (Wildman–Crippen LogP) is 2.01. The summed E-state index contributed by atoms with van der Waals surface area (Å²) in [6.45, 7) is 6.68. The third kappa shape index (κ3) is 5.35. The molecule has 7 heteroatoms. The van der Waals surface area contributed by atoms with Crippen LogP contribution in [0.2, 0.25) is 0 Å². The third-order valence-electron chi connectivity index (χ3n) is 4.93. The number of carbonyl (C=O) groups is 2. The number of morpholine rings is 1. The quantitative estimate of drug-likeness (QED) is 0.791. The van der Waals surface area contributed by atoms with Crippen LogP contribution < -0.4 is 10.1 Å². The molecule has 1 saturated heterocycles. The van der Waals surface area contributed by atoms with Gasteiger partial charge in [0.05, 0.1) is 25.9 Å². The lowest BCUT2D eigenvalue weighted by Crippen LogP contribution is -2.51. The third-order valence-corrected chi connectivity index (χ3v) is 4.93. The Labute approximate surface area is 160 Å². The predicted molar refractivity (Wildman–Crippen MR) is 102 cm³/mol. The second kappa shape index (κ2) is 9.08. The molecule has 0 aromatic heterocycles. The van der Waals surface area contributed by atoms with E-state index in [0.29, 0.717) is 39.4 Å². The van der Waals surface area contributed by atoms with Crippen molar-refractivity contribution in [1.29, 1.82) is 0 Å². The maximum Gasteiger partial charge on any atom is 0.318 e. The summed E-state index contributed by atoms with van der Waals surface area (Å²) in [5.41, 5.74) is 1.01. The minimum atomic E-state index is -0.164. The van der Waals surface area contributed by atoms with Crippen molar-refractivity contribution in [3.8, 4) is 5.75 Å². The molecule has 1 heterocycles. The van der Waals surface area contributed by atoms with Crippen LogP contribution in [-0.2, 0) is 16.1 Å². The van der Waals surface area contributed by atoms with E-state index in [1.54, 1.807) is 11.8 Å². The van der Waals surface area contributed by atoms with Crippen LogP contribution in [0, 0.1) is 0 Å². The van der Waals surface area contributed by atoms with Crippen LogP contribution in [0.25, 0.3) is 0 Å². The highest BCUT2D eigenvalue weighted by Gasteiger charge is 2.33. The van der Waals surface area contributed by atoms with Gasteiger partial charge in [-0.05, 0) is 25.8 Å². The lowest BCUT2D eigenvalue weighted by Gasteiger charge is -2.33. The number of hydrogen-bond acceptors (Lipinski definition) is 4. The molecule has 7 nitrogen and oxygen atoms in total. The molecule has 3 rings (SSSR count). The average Bonchev–Trinajstić information content (AvgIpc) is 3.51. The first kappa shape index (κ1) is 19.5. The molecule has 1 aromatic carbocycles. The van der Waals surface area contributed by atoms with E-state index in [9.17, 15) is 9.59 Å². The average molecular weight is 375 g/mol. The lowest BCUT2D eigenvalue weighted by molar-refractivity contribution is -0.136. The Morgan fingerprint density at radius 3 is 2.81 bits per heavy atom. The van der Waals surface area contributed by atoms with Gasteiger partial charge in [0.25, 0.3) is 0 Å². The number of ether oxygens (including phenoxy) is 2. The minimum Gasteiger partial charge on any atom is -0.494 e. The van der Waals surface area contributed by atoms with Gasteiger partial charge in [-0.3, -0.25) is 4.79 Å². The van der Waals surface area contributed by atoms with Gasteiger partial charge in [0.15, 0.2) is 0 Å². The van der Waals surface area contributed by atoms with E-state index in [2.05, 4.69) is 5.32 Å². The molecule has 0 bridgehead atoms. The molecule has 1 aliphatic carbocycles. The Hall–Kier alpha value is -2.28. The number of carbonyl (C=O) groups excluding carboxylic acids is 2. The van der Waals surface area contributed by atoms with Gasteiger partial charge in [0.1, 0.15) is 5.75 Å². The summed E-state index contributed by atoms with van der Waals surface area (Å²) in [5, 5.41) is 2.99. The number of nitrogens with zero attached hydrogens (tertiary/aromatic N) is 2. The van der Waals surface area contributed by atoms with E-state index in [-0.39, 0.29) is 24.1 Å². The van der Waals surface area contributed by atoms with Crippen LogP contribution in [0.5, 0.6) is 5.75 Å². The largest absolute Gasteiger partial charge is 0.494 e. The molecule has 1 atom stereocenters. The number of urea groups is 1. The van der Waals surface area contributed by atoms with Crippen molar-refractivity contribution < 1.29 is 19.1 Å². The van der Waals surface area contributed by atoms with Gasteiger partial charge >= 0.3 is 6.03 Å². The number of benzene rings is 1. The first-order chi connectivity index (χ1) is 13.1. The van der Waals surface area contributed by atoms with Gasteiger partial charge in [-0.25, -0.2) is 4.79 Å². The van der Waals surface area contributed by atoms with Crippen LogP contribution in [0.4, 0.5) is 4.79 Å². The Balaban J connectivity index is 1.57. The number of para-hydroxylation sites is 1. The van der Waals surface area contributed by atoms with Crippen molar-refractivity contribution >= 4 is 11.9 Å². The zero-order chi connectivity index (χ0) is 19.2. The molecule has 2 aliphatic rings. The molecular formula is C20H29N3O4. The molecule has 1 N–H and O–H groups in total. The Morgan fingerprint density at radius 2 is 2.11 bits per heavy atom. The monoisotopic (exact) mass is 375 g/mol. The molecule has 1 aliphatic heterocycles. The van der Waals surface area contributed by atoms with Crippen molar-refractivity contribution in [3.63, 3.8) is 0 Å². The van der Waals surface area contributed by atoms with Crippen molar-refractivity contribution in [3.05, 3.63) is 29.8 Å². The summed E-state index contributed by atoms with van der Waals surface area (Å²) >= 11 is 0. The fourth-order valence-electron chi connectivity index (χ4n) is 3.30. The van der Waals surface area contributed by atoms with Gasteiger partial charge in [-0.2, -0.15) is 0 Å². The Bertz CT molecular complexity index is 662. The van der Waals surface area contributed by atoms with Crippen LogP contribution in [0.3, 0.4) is 0 Å². The molecule has 27 heavy (non-hydrogen) atoms.